The van der Waals surface area contributed by atoms with Crippen molar-refractivity contribution in [1.29, 1.82) is 0 Å². The summed E-state index contributed by atoms with van der Waals surface area (Å²) in [5, 5.41) is 0.849. The molecule has 1 nitrogen and oxygen atoms in total. The molecule has 1 aliphatic rings. The van der Waals surface area contributed by atoms with Crippen LogP contribution in [0.1, 0.15) is 36.8 Å². The van der Waals surface area contributed by atoms with Gasteiger partial charge in [0, 0.05) is 11.1 Å². The van der Waals surface area contributed by atoms with Crippen LogP contribution >= 0.6 is 11.6 Å². The van der Waals surface area contributed by atoms with Gasteiger partial charge in [0.25, 0.3) is 0 Å². The number of rotatable bonds is 1. The van der Waals surface area contributed by atoms with Crippen molar-refractivity contribution in [2.24, 2.45) is 5.73 Å². The number of hydrogen-bond donors (Lipinski definition) is 1. The zero-order chi connectivity index (χ0) is 11.5. The molecule has 2 rings (SSSR count). The van der Waals surface area contributed by atoms with Crippen LogP contribution in [0.4, 0.5) is 0 Å². The zero-order valence-electron chi connectivity index (χ0n) is 9.67. The number of allylic oxidation sites excluding steroid dienone is 1. The summed E-state index contributed by atoms with van der Waals surface area (Å²) >= 11 is 6.21. The van der Waals surface area contributed by atoms with E-state index in [-0.39, 0.29) is 0 Å². The Labute approximate surface area is 102 Å². The fourth-order valence-electron chi connectivity index (χ4n) is 2.12. The second-order valence-corrected chi connectivity index (χ2v) is 5.07. The van der Waals surface area contributed by atoms with Crippen LogP contribution < -0.4 is 5.73 Å². The van der Waals surface area contributed by atoms with Gasteiger partial charge < -0.3 is 5.73 Å². The highest BCUT2D eigenvalue weighted by Gasteiger charge is 2.12. The summed E-state index contributed by atoms with van der Waals surface area (Å²) in [7, 11) is 0. The molecule has 0 saturated heterocycles. The van der Waals surface area contributed by atoms with Crippen molar-refractivity contribution in [3.63, 3.8) is 0 Å². The van der Waals surface area contributed by atoms with Crippen LogP contribution in [0.2, 0.25) is 5.02 Å². The summed E-state index contributed by atoms with van der Waals surface area (Å²) in [6.07, 6.45) is 6.68. The predicted molar refractivity (Wildman–Crippen MR) is 70.6 cm³/mol. The Morgan fingerprint density at radius 3 is 2.62 bits per heavy atom. The van der Waals surface area contributed by atoms with Crippen molar-refractivity contribution in [2.75, 3.05) is 0 Å². The predicted octanol–water partition coefficient (Wildman–Crippen LogP) is 3.93. The van der Waals surface area contributed by atoms with Crippen LogP contribution in [0.3, 0.4) is 0 Å². The fourth-order valence-corrected chi connectivity index (χ4v) is 2.41. The lowest BCUT2D eigenvalue weighted by Gasteiger charge is -2.20. The van der Waals surface area contributed by atoms with Gasteiger partial charge in [-0.15, -0.1) is 0 Å². The zero-order valence-corrected chi connectivity index (χ0v) is 10.4. The normalized spacial score (nSPS) is 20.9. The number of nitrogens with two attached hydrogens (primary N) is 1. The lowest BCUT2D eigenvalue weighted by molar-refractivity contribution is 0.514. The topological polar surface area (TPSA) is 26.0 Å². The SMILES string of the molecule is Cc1ccc(C=C2CCC(N)CC2)c(Cl)c1. The van der Waals surface area contributed by atoms with Crippen molar-refractivity contribution >= 4 is 17.7 Å². The molecule has 0 spiro atoms. The van der Waals surface area contributed by atoms with Crippen LogP contribution in [-0.2, 0) is 0 Å². The van der Waals surface area contributed by atoms with Gasteiger partial charge in [-0.05, 0) is 49.8 Å². The summed E-state index contributed by atoms with van der Waals surface area (Å²) < 4.78 is 0. The molecule has 0 amide bonds. The Balaban J connectivity index is 2.16. The first kappa shape index (κ1) is 11.7. The third-order valence-electron chi connectivity index (χ3n) is 3.19. The smallest absolute Gasteiger partial charge is 0.0480 e. The van der Waals surface area contributed by atoms with E-state index in [1.165, 1.54) is 11.1 Å². The summed E-state index contributed by atoms with van der Waals surface area (Å²) in [6, 6.07) is 6.61. The maximum atomic E-state index is 6.21. The second-order valence-electron chi connectivity index (χ2n) is 4.66. The first-order valence-electron chi connectivity index (χ1n) is 5.86. The molecule has 86 valence electrons. The molecule has 0 radical (unpaired) electrons. The maximum Gasteiger partial charge on any atom is 0.0480 e. The molecule has 1 aliphatic carbocycles. The first-order valence-corrected chi connectivity index (χ1v) is 6.24. The van der Waals surface area contributed by atoms with Gasteiger partial charge in [-0.3, -0.25) is 0 Å². The van der Waals surface area contributed by atoms with Crippen molar-refractivity contribution in [1.82, 2.24) is 0 Å². The first-order chi connectivity index (χ1) is 7.65. The van der Waals surface area contributed by atoms with E-state index in [2.05, 4.69) is 25.1 Å². The molecular weight excluding hydrogens is 218 g/mol. The van der Waals surface area contributed by atoms with Gasteiger partial charge in [0.15, 0.2) is 0 Å². The highest BCUT2D eigenvalue weighted by Crippen LogP contribution is 2.27. The lowest BCUT2D eigenvalue weighted by atomic mass is 9.90. The average Bonchev–Trinajstić information content (AvgIpc) is 2.25. The van der Waals surface area contributed by atoms with Gasteiger partial charge in [-0.25, -0.2) is 0 Å². The lowest BCUT2D eigenvalue weighted by Crippen LogP contribution is -2.23. The molecule has 0 bridgehead atoms. The fraction of sp³-hybridized carbons (Fsp3) is 0.429. The summed E-state index contributed by atoms with van der Waals surface area (Å²) in [5.74, 6) is 0. The second kappa shape index (κ2) is 5.03. The molecule has 1 aromatic rings. The van der Waals surface area contributed by atoms with Crippen LogP contribution in [0.15, 0.2) is 23.8 Å². The summed E-state index contributed by atoms with van der Waals surface area (Å²) in [4.78, 5) is 0. The summed E-state index contributed by atoms with van der Waals surface area (Å²) in [6.45, 7) is 2.06. The van der Waals surface area contributed by atoms with Gasteiger partial charge in [-0.2, -0.15) is 0 Å². The van der Waals surface area contributed by atoms with E-state index in [1.54, 1.807) is 0 Å². The molecule has 0 unspecified atom stereocenters. The van der Waals surface area contributed by atoms with Gasteiger partial charge in [-0.1, -0.05) is 35.4 Å². The van der Waals surface area contributed by atoms with E-state index in [4.69, 9.17) is 17.3 Å². The number of hydrogen-bond acceptors (Lipinski definition) is 1. The molecule has 2 heteroatoms. The van der Waals surface area contributed by atoms with Crippen molar-refractivity contribution < 1.29 is 0 Å². The molecule has 1 saturated carbocycles. The average molecular weight is 236 g/mol. The molecule has 0 aliphatic heterocycles. The molecule has 2 N–H and O–H groups in total. The molecule has 0 heterocycles. The van der Waals surface area contributed by atoms with Crippen molar-refractivity contribution in [2.45, 2.75) is 38.6 Å². The monoisotopic (exact) mass is 235 g/mol. The maximum absolute atomic E-state index is 6.21. The molecular formula is C14H18ClN. The molecule has 0 aromatic heterocycles. The third-order valence-corrected chi connectivity index (χ3v) is 3.52. The number of benzene rings is 1. The number of aryl methyl sites for hydroxylation is 1. The molecule has 16 heavy (non-hydrogen) atoms. The third kappa shape index (κ3) is 2.87. The van der Waals surface area contributed by atoms with Gasteiger partial charge >= 0.3 is 0 Å². The van der Waals surface area contributed by atoms with E-state index in [1.807, 2.05) is 6.07 Å². The van der Waals surface area contributed by atoms with E-state index >= 15 is 0 Å². The van der Waals surface area contributed by atoms with Crippen molar-refractivity contribution in [3.05, 3.63) is 39.9 Å². The minimum atomic E-state index is 0.394. The van der Waals surface area contributed by atoms with Gasteiger partial charge in [0.1, 0.15) is 0 Å². The van der Waals surface area contributed by atoms with Gasteiger partial charge in [0.2, 0.25) is 0 Å². The highest BCUT2D eigenvalue weighted by molar-refractivity contribution is 6.32. The summed E-state index contributed by atoms with van der Waals surface area (Å²) in [5.41, 5.74) is 9.71. The Hall–Kier alpha value is -0.790. The van der Waals surface area contributed by atoms with E-state index < -0.39 is 0 Å². The quantitative estimate of drug-likeness (QED) is 0.784. The highest BCUT2D eigenvalue weighted by atomic mass is 35.5. The Kier molecular flexibility index (Phi) is 3.67. The van der Waals surface area contributed by atoms with E-state index in [0.29, 0.717) is 6.04 Å². The molecule has 1 fully saturated rings. The van der Waals surface area contributed by atoms with E-state index in [0.717, 1.165) is 36.3 Å². The van der Waals surface area contributed by atoms with Crippen LogP contribution in [0.5, 0.6) is 0 Å². The van der Waals surface area contributed by atoms with Crippen LogP contribution in [0.25, 0.3) is 6.08 Å². The molecule has 1 aromatic carbocycles. The molecule has 0 atom stereocenters. The Bertz CT molecular complexity index is 399. The number of halogens is 1. The minimum Gasteiger partial charge on any atom is -0.328 e. The van der Waals surface area contributed by atoms with Crippen LogP contribution in [0, 0.1) is 6.92 Å². The Morgan fingerprint density at radius 2 is 2.00 bits per heavy atom. The standard InChI is InChI=1S/C14H18ClN/c1-10-2-5-12(14(15)8-10)9-11-3-6-13(16)7-4-11/h2,5,8-9,13H,3-4,6-7,16H2,1H3. The van der Waals surface area contributed by atoms with E-state index in [9.17, 15) is 0 Å². The largest absolute Gasteiger partial charge is 0.328 e. The van der Waals surface area contributed by atoms with Gasteiger partial charge in [0.05, 0.1) is 0 Å². The van der Waals surface area contributed by atoms with Crippen molar-refractivity contribution in [3.8, 4) is 0 Å². The van der Waals surface area contributed by atoms with Crippen LogP contribution in [-0.4, -0.2) is 6.04 Å². The Morgan fingerprint density at radius 1 is 1.31 bits per heavy atom. The minimum absolute atomic E-state index is 0.394.